The van der Waals surface area contributed by atoms with Crippen molar-refractivity contribution in [2.24, 2.45) is 0 Å². The maximum atomic E-state index is 13.1. The Labute approximate surface area is 184 Å². The van der Waals surface area contributed by atoms with Crippen LogP contribution in [0.25, 0.3) is 0 Å². The molecule has 0 aliphatic heterocycles. The Hall–Kier alpha value is -2.14. The van der Waals surface area contributed by atoms with Gasteiger partial charge in [0, 0.05) is 22.7 Å². The van der Waals surface area contributed by atoms with Gasteiger partial charge in [-0.2, -0.15) is 0 Å². The van der Waals surface area contributed by atoms with Gasteiger partial charge in [-0.25, -0.2) is 4.39 Å². The highest BCUT2D eigenvalue weighted by Gasteiger charge is 2.12. The van der Waals surface area contributed by atoms with Crippen LogP contribution in [0.15, 0.2) is 54.6 Å². The second-order valence-corrected chi connectivity index (χ2v) is 7.47. The first-order valence-electron chi connectivity index (χ1n) is 8.97. The molecule has 0 aliphatic rings. The normalized spacial score (nSPS) is 10.7. The largest absolute Gasteiger partial charge is 0.490 e. The second-order valence-electron chi connectivity index (χ2n) is 6.22. The summed E-state index contributed by atoms with van der Waals surface area (Å²) in [6.07, 6.45) is 0. The van der Waals surface area contributed by atoms with Gasteiger partial charge in [0.05, 0.1) is 17.3 Å². The summed E-state index contributed by atoms with van der Waals surface area (Å²) in [5, 5.41) is 4.90. The number of hydrogen-bond donors (Lipinski definition) is 1. The van der Waals surface area contributed by atoms with Crippen LogP contribution in [-0.4, -0.2) is 6.61 Å². The first-order chi connectivity index (χ1) is 14.0. The van der Waals surface area contributed by atoms with Crippen molar-refractivity contribution in [3.63, 3.8) is 0 Å². The van der Waals surface area contributed by atoms with E-state index in [-0.39, 0.29) is 12.4 Å². The smallest absolute Gasteiger partial charge is 0.163 e. The molecule has 0 unspecified atom stereocenters. The van der Waals surface area contributed by atoms with Gasteiger partial charge in [0.2, 0.25) is 0 Å². The first kappa shape index (κ1) is 21.6. The van der Waals surface area contributed by atoms with Gasteiger partial charge in [0.15, 0.2) is 11.5 Å². The summed E-state index contributed by atoms with van der Waals surface area (Å²) in [6.45, 7) is 3.06. The fraction of sp³-hybridized carbons (Fsp3) is 0.182. The SMILES string of the molecule is CCOc1cc(CNc2cc(Cl)ccc2Cl)c(Cl)cc1OCc1ccc(F)cc1. The Balaban J connectivity index is 1.76. The third-order valence-electron chi connectivity index (χ3n) is 4.12. The van der Waals surface area contributed by atoms with Crippen molar-refractivity contribution >= 4 is 40.5 Å². The minimum atomic E-state index is -0.288. The topological polar surface area (TPSA) is 30.5 Å². The summed E-state index contributed by atoms with van der Waals surface area (Å²) in [7, 11) is 0. The van der Waals surface area contributed by atoms with Crippen molar-refractivity contribution in [1.29, 1.82) is 0 Å². The number of halogens is 4. The standard InChI is InChI=1S/C22H19Cl3FNO2/c1-2-28-21-9-15(12-27-20-10-16(23)5-8-18(20)24)19(25)11-22(21)29-13-14-3-6-17(26)7-4-14/h3-11,27H,2,12-13H2,1H3. The highest BCUT2D eigenvalue weighted by atomic mass is 35.5. The van der Waals surface area contributed by atoms with Gasteiger partial charge >= 0.3 is 0 Å². The van der Waals surface area contributed by atoms with Crippen molar-refractivity contribution in [1.82, 2.24) is 0 Å². The van der Waals surface area contributed by atoms with E-state index in [1.54, 1.807) is 36.4 Å². The van der Waals surface area contributed by atoms with Crippen molar-refractivity contribution in [3.05, 3.63) is 86.6 Å². The average Bonchev–Trinajstić information content (AvgIpc) is 2.70. The van der Waals surface area contributed by atoms with Crippen LogP contribution < -0.4 is 14.8 Å². The van der Waals surface area contributed by atoms with Gasteiger partial charge in [-0.1, -0.05) is 46.9 Å². The van der Waals surface area contributed by atoms with Gasteiger partial charge < -0.3 is 14.8 Å². The number of ether oxygens (including phenoxy) is 2. The van der Waals surface area contributed by atoms with E-state index in [1.807, 2.05) is 13.0 Å². The van der Waals surface area contributed by atoms with Crippen LogP contribution in [0.4, 0.5) is 10.1 Å². The Morgan fingerprint density at radius 1 is 0.862 bits per heavy atom. The molecule has 0 aromatic heterocycles. The van der Waals surface area contributed by atoms with Crippen LogP contribution in [0.1, 0.15) is 18.1 Å². The molecule has 1 N–H and O–H groups in total. The van der Waals surface area contributed by atoms with Gasteiger partial charge in [-0.05, 0) is 54.4 Å². The fourth-order valence-electron chi connectivity index (χ4n) is 2.66. The Kier molecular flexibility index (Phi) is 7.48. The lowest BCUT2D eigenvalue weighted by Crippen LogP contribution is -2.04. The van der Waals surface area contributed by atoms with E-state index in [0.29, 0.717) is 45.4 Å². The molecule has 0 amide bonds. The summed E-state index contributed by atoms with van der Waals surface area (Å²) < 4.78 is 24.6. The molecule has 29 heavy (non-hydrogen) atoms. The van der Waals surface area contributed by atoms with Crippen molar-refractivity contribution in [3.8, 4) is 11.5 Å². The highest BCUT2D eigenvalue weighted by Crippen LogP contribution is 2.35. The summed E-state index contributed by atoms with van der Waals surface area (Å²) in [5.74, 6) is 0.808. The summed E-state index contributed by atoms with van der Waals surface area (Å²) in [6, 6.07) is 14.9. The number of rotatable bonds is 8. The molecule has 3 nitrogen and oxygen atoms in total. The second kappa shape index (κ2) is 10.1. The van der Waals surface area contributed by atoms with E-state index in [0.717, 1.165) is 11.1 Å². The van der Waals surface area contributed by atoms with Gasteiger partial charge in [0.1, 0.15) is 12.4 Å². The Morgan fingerprint density at radius 2 is 1.59 bits per heavy atom. The molecule has 0 saturated heterocycles. The number of anilines is 1. The Morgan fingerprint density at radius 3 is 2.31 bits per heavy atom. The van der Waals surface area contributed by atoms with E-state index < -0.39 is 0 Å². The molecule has 0 fully saturated rings. The quantitative estimate of drug-likeness (QED) is 0.385. The molecule has 0 heterocycles. The zero-order chi connectivity index (χ0) is 20.8. The van der Waals surface area contributed by atoms with Crippen LogP contribution in [0.3, 0.4) is 0 Å². The maximum absolute atomic E-state index is 13.1. The minimum absolute atomic E-state index is 0.270. The van der Waals surface area contributed by atoms with Gasteiger partial charge in [-0.15, -0.1) is 0 Å². The minimum Gasteiger partial charge on any atom is -0.490 e. The molecular formula is C22H19Cl3FNO2. The van der Waals surface area contributed by atoms with E-state index in [2.05, 4.69) is 5.32 Å². The van der Waals surface area contributed by atoms with Crippen LogP contribution >= 0.6 is 34.8 Å². The molecule has 0 bridgehead atoms. The molecule has 152 valence electrons. The van der Waals surface area contributed by atoms with Crippen LogP contribution in [0.5, 0.6) is 11.5 Å². The molecule has 3 aromatic rings. The fourth-order valence-corrected chi connectivity index (χ4v) is 3.24. The molecule has 0 spiro atoms. The highest BCUT2D eigenvalue weighted by molar-refractivity contribution is 6.35. The van der Waals surface area contributed by atoms with Crippen LogP contribution in [-0.2, 0) is 13.2 Å². The molecule has 7 heteroatoms. The zero-order valence-corrected chi connectivity index (χ0v) is 17.9. The summed E-state index contributed by atoms with van der Waals surface area (Å²) >= 11 is 18.7. The molecule has 3 aromatic carbocycles. The summed E-state index contributed by atoms with van der Waals surface area (Å²) in [4.78, 5) is 0. The third-order valence-corrected chi connectivity index (χ3v) is 5.03. The molecule has 3 rings (SSSR count). The molecule has 0 atom stereocenters. The molecule has 0 aliphatic carbocycles. The lowest BCUT2D eigenvalue weighted by molar-refractivity contribution is 0.269. The summed E-state index contributed by atoms with van der Waals surface area (Å²) in [5.41, 5.74) is 2.37. The van der Waals surface area contributed by atoms with Crippen LogP contribution in [0, 0.1) is 5.82 Å². The number of benzene rings is 3. The van der Waals surface area contributed by atoms with Crippen LogP contribution in [0.2, 0.25) is 15.1 Å². The maximum Gasteiger partial charge on any atom is 0.163 e. The van der Waals surface area contributed by atoms with Gasteiger partial charge in [-0.3, -0.25) is 0 Å². The molecular weight excluding hydrogens is 436 g/mol. The Bertz CT molecular complexity index is 981. The average molecular weight is 455 g/mol. The van der Waals surface area contributed by atoms with E-state index in [9.17, 15) is 4.39 Å². The van der Waals surface area contributed by atoms with Gasteiger partial charge in [0.25, 0.3) is 0 Å². The number of hydrogen-bond acceptors (Lipinski definition) is 3. The van der Waals surface area contributed by atoms with Crippen molar-refractivity contribution in [2.75, 3.05) is 11.9 Å². The van der Waals surface area contributed by atoms with Crippen molar-refractivity contribution in [2.45, 2.75) is 20.1 Å². The molecule has 0 saturated carbocycles. The van der Waals surface area contributed by atoms with E-state index in [4.69, 9.17) is 44.3 Å². The molecule has 0 radical (unpaired) electrons. The monoisotopic (exact) mass is 453 g/mol. The number of nitrogens with one attached hydrogen (secondary N) is 1. The lowest BCUT2D eigenvalue weighted by atomic mass is 10.2. The zero-order valence-electron chi connectivity index (χ0n) is 15.6. The predicted octanol–water partition coefficient (Wildman–Crippen LogP) is 7.38. The van der Waals surface area contributed by atoms with E-state index >= 15 is 0 Å². The van der Waals surface area contributed by atoms with Crippen molar-refractivity contribution < 1.29 is 13.9 Å². The van der Waals surface area contributed by atoms with E-state index in [1.165, 1.54) is 12.1 Å². The lowest BCUT2D eigenvalue weighted by Gasteiger charge is -2.16. The first-order valence-corrected chi connectivity index (χ1v) is 10.1. The third kappa shape index (κ3) is 5.92. The predicted molar refractivity (Wildman–Crippen MR) is 117 cm³/mol.